The van der Waals surface area contributed by atoms with Gasteiger partial charge in [0.1, 0.15) is 0 Å². The van der Waals surface area contributed by atoms with Gasteiger partial charge in [-0.1, -0.05) is 0 Å². The van der Waals surface area contributed by atoms with Crippen molar-refractivity contribution < 1.29 is 66.6 Å². The zero-order chi connectivity index (χ0) is 20.0. The summed E-state index contributed by atoms with van der Waals surface area (Å²) in [5.74, 6) is -41.9. The van der Waals surface area contributed by atoms with Crippen LogP contribution < -0.4 is 0 Å². The van der Waals surface area contributed by atoms with Crippen molar-refractivity contribution in [2.24, 2.45) is 0 Å². The van der Waals surface area contributed by atoms with Gasteiger partial charge in [-0.15, -0.1) is 0 Å². The van der Waals surface area contributed by atoms with Crippen LogP contribution in [0.1, 0.15) is 6.92 Å². The highest BCUT2D eigenvalue weighted by molar-refractivity contribution is 5.79. The first-order valence-electron chi connectivity index (χ1n) is 5.36. The minimum absolute atomic E-state index is 0.691. The number of rotatable bonds is 6. The maximum Gasteiger partial charge on any atom is 0.460 e. The molecule has 15 heteroatoms. The van der Waals surface area contributed by atoms with Gasteiger partial charge in [0.15, 0.2) is 0 Å². The van der Waals surface area contributed by atoms with Gasteiger partial charge < -0.3 is 4.74 Å². The fourth-order valence-corrected chi connectivity index (χ4v) is 1.12. The SMILES string of the molecule is CCOC(=O)C(F)(F)C(F)(F)C(F)(F)C(F)(F)C(F)(F)C(F)(F)F. The lowest BCUT2D eigenvalue weighted by Gasteiger charge is -2.38. The van der Waals surface area contributed by atoms with Crippen LogP contribution in [0.4, 0.5) is 57.1 Å². The molecule has 144 valence electrons. The predicted octanol–water partition coefficient (Wildman–Crippen LogP) is 4.29. The Balaban J connectivity index is 6.25. The third-order valence-corrected chi connectivity index (χ3v) is 2.47. The average molecular weight is 392 g/mol. The summed E-state index contributed by atoms with van der Waals surface area (Å²) in [5, 5.41) is 0. The molecule has 24 heavy (non-hydrogen) atoms. The Hall–Kier alpha value is -1.44. The molecule has 0 amide bonds. The molecule has 2 nitrogen and oxygen atoms in total. The molecule has 0 radical (unpaired) electrons. The fraction of sp³-hybridized carbons (Fsp3) is 0.889. The molecular weight excluding hydrogens is 387 g/mol. The molecule has 0 aromatic rings. The summed E-state index contributed by atoms with van der Waals surface area (Å²) < 4.78 is 166. The molecule has 0 aliphatic rings. The summed E-state index contributed by atoms with van der Waals surface area (Å²) in [7, 11) is 0. The topological polar surface area (TPSA) is 26.3 Å². The van der Waals surface area contributed by atoms with Crippen LogP contribution in [0.25, 0.3) is 0 Å². The molecule has 0 unspecified atom stereocenters. The van der Waals surface area contributed by atoms with E-state index in [1.807, 2.05) is 0 Å². The zero-order valence-corrected chi connectivity index (χ0v) is 10.9. The van der Waals surface area contributed by atoms with E-state index >= 15 is 0 Å². The van der Waals surface area contributed by atoms with E-state index in [1.165, 1.54) is 0 Å². The fourth-order valence-electron chi connectivity index (χ4n) is 1.12. The lowest BCUT2D eigenvalue weighted by atomic mass is 9.94. The molecule has 0 bridgehead atoms. The zero-order valence-electron chi connectivity index (χ0n) is 10.9. The Kier molecular flexibility index (Phi) is 5.47. The first-order valence-corrected chi connectivity index (χ1v) is 5.36. The van der Waals surface area contributed by atoms with E-state index in [2.05, 4.69) is 4.74 Å². The molecule has 0 rings (SSSR count). The molecule has 0 N–H and O–H groups in total. The highest BCUT2D eigenvalue weighted by atomic mass is 19.4. The minimum Gasteiger partial charge on any atom is -0.461 e. The minimum atomic E-state index is -8.03. The van der Waals surface area contributed by atoms with Gasteiger partial charge in [-0.05, 0) is 6.92 Å². The number of carbonyl (C=O) groups is 1. The molecule has 0 heterocycles. The van der Waals surface area contributed by atoms with Crippen molar-refractivity contribution in [2.75, 3.05) is 6.61 Å². The first-order chi connectivity index (χ1) is 10.2. The van der Waals surface area contributed by atoms with Crippen molar-refractivity contribution in [1.82, 2.24) is 0 Å². The molecule has 0 saturated heterocycles. The van der Waals surface area contributed by atoms with Crippen LogP contribution in [-0.4, -0.2) is 48.4 Å². The van der Waals surface area contributed by atoms with Gasteiger partial charge in [-0.2, -0.15) is 57.1 Å². The maximum absolute atomic E-state index is 13.0. The van der Waals surface area contributed by atoms with E-state index in [9.17, 15) is 61.9 Å². The van der Waals surface area contributed by atoms with Crippen molar-refractivity contribution >= 4 is 5.97 Å². The number of esters is 1. The number of ether oxygens (including phenoxy) is 1. The molecule has 0 aromatic heterocycles. The number of hydrogen-bond acceptors (Lipinski definition) is 2. The monoisotopic (exact) mass is 392 g/mol. The standard InChI is InChI=1S/C9H5F13O2/c1-2-24-3(23)4(10,11)5(12,13)6(14,15)7(16,17)8(18,19)9(20,21)22/h2H2,1H3. The highest BCUT2D eigenvalue weighted by Crippen LogP contribution is 2.60. The van der Waals surface area contributed by atoms with Crippen LogP contribution in [0.5, 0.6) is 0 Å². The lowest BCUT2D eigenvalue weighted by Crippen LogP contribution is -2.71. The molecular formula is C9H5F13O2. The average Bonchev–Trinajstić information content (AvgIpc) is 2.36. The van der Waals surface area contributed by atoms with Crippen LogP contribution >= 0.6 is 0 Å². The summed E-state index contributed by atoms with van der Waals surface area (Å²) in [6.07, 6.45) is -7.49. The molecule has 0 fully saturated rings. The van der Waals surface area contributed by atoms with Gasteiger partial charge in [-0.3, -0.25) is 0 Å². The Morgan fingerprint density at radius 1 is 0.667 bits per heavy atom. The lowest BCUT2D eigenvalue weighted by molar-refractivity contribution is -0.437. The van der Waals surface area contributed by atoms with Crippen molar-refractivity contribution in [3.63, 3.8) is 0 Å². The molecule has 0 saturated carbocycles. The van der Waals surface area contributed by atoms with Crippen molar-refractivity contribution in [3.05, 3.63) is 0 Å². The molecule has 0 atom stereocenters. The molecule has 0 spiro atoms. The van der Waals surface area contributed by atoms with Gasteiger partial charge in [0.2, 0.25) is 0 Å². The second-order valence-corrected chi connectivity index (χ2v) is 4.09. The number of alkyl halides is 13. The van der Waals surface area contributed by atoms with Gasteiger partial charge in [0, 0.05) is 0 Å². The third-order valence-electron chi connectivity index (χ3n) is 2.47. The van der Waals surface area contributed by atoms with E-state index in [4.69, 9.17) is 0 Å². The summed E-state index contributed by atoms with van der Waals surface area (Å²) in [5.41, 5.74) is 0. The van der Waals surface area contributed by atoms with E-state index in [-0.39, 0.29) is 0 Å². The smallest absolute Gasteiger partial charge is 0.460 e. The number of halogens is 13. The van der Waals surface area contributed by atoms with Gasteiger partial charge >= 0.3 is 41.8 Å². The summed E-state index contributed by atoms with van der Waals surface area (Å²) >= 11 is 0. The summed E-state index contributed by atoms with van der Waals surface area (Å²) in [4.78, 5) is 10.5. The van der Waals surface area contributed by atoms with Crippen LogP contribution in [0.15, 0.2) is 0 Å². The van der Waals surface area contributed by atoms with E-state index in [1.54, 1.807) is 0 Å². The highest BCUT2D eigenvalue weighted by Gasteiger charge is 2.92. The van der Waals surface area contributed by atoms with Gasteiger partial charge in [0.05, 0.1) is 6.61 Å². The molecule has 0 aliphatic heterocycles. The quantitative estimate of drug-likeness (QED) is 0.498. The van der Waals surface area contributed by atoms with Crippen LogP contribution in [-0.2, 0) is 9.53 Å². The van der Waals surface area contributed by atoms with Crippen LogP contribution in [0, 0.1) is 0 Å². The Bertz CT molecular complexity index is 478. The Labute approximate surface area is 123 Å². The summed E-state index contributed by atoms with van der Waals surface area (Å²) in [6.45, 7) is -0.456. The third kappa shape index (κ3) is 2.85. The van der Waals surface area contributed by atoms with Gasteiger partial charge in [-0.25, -0.2) is 4.79 Å². The van der Waals surface area contributed by atoms with E-state index in [0.29, 0.717) is 6.92 Å². The molecule has 0 aromatic carbocycles. The van der Waals surface area contributed by atoms with E-state index in [0.717, 1.165) is 0 Å². The molecule has 0 aliphatic carbocycles. The number of hydrogen-bond donors (Lipinski definition) is 0. The van der Waals surface area contributed by atoms with Crippen molar-refractivity contribution in [1.29, 1.82) is 0 Å². The predicted molar refractivity (Wildman–Crippen MR) is 47.4 cm³/mol. The van der Waals surface area contributed by atoms with Crippen LogP contribution in [0.3, 0.4) is 0 Å². The summed E-state index contributed by atoms with van der Waals surface area (Å²) in [6, 6.07) is 0. The normalized spacial score (nSPS) is 15.4. The number of carbonyl (C=O) groups excluding carboxylic acids is 1. The second-order valence-electron chi connectivity index (χ2n) is 4.09. The van der Waals surface area contributed by atoms with Gasteiger partial charge in [0.25, 0.3) is 0 Å². The largest absolute Gasteiger partial charge is 0.461 e. The van der Waals surface area contributed by atoms with Crippen molar-refractivity contribution in [3.8, 4) is 0 Å². The second kappa shape index (κ2) is 5.82. The first kappa shape index (κ1) is 22.6. The van der Waals surface area contributed by atoms with Crippen molar-refractivity contribution in [2.45, 2.75) is 42.7 Å². The Morgan fingerprint density at radius 3 is 1.29 bits per heavy atom. The maximum atomic E-state index is 13.0. The Morgan fingerprint density at radius 2 is 1.00 bits per heavy atom. The van der Waals surface area contributed by atoms with E-state index < -0.39 is 48.4 Å². The van der Waals surface area contributed by atoms with Crippen LogP contribution in [0.2, 0.25) is 0 Å².